The summed E-state index contributed by atoms with van der Waals surface area (Å²) in [6.45, 7) is 4.63. The van der Waals surface area contributed by atoms with Crippen LogP contribution in [0.15, 0.2) is 23.2 Å². The molecule has 0 radical (unpaired) electrons. The summed E-state index contributed by atoms with van der Waals surface area (Å²) < 4.78 is 25.5. The van der Waals surface area contributed by atoms with Crippen LogP contribution in [0, 0.1) is 5.92 Å². The minimum Gasteiger partial charge on any atom is -0.384 e. The van der Waals surface area contributed by atoms with Crippen molar-refractivity contribution in [2.24, 2.45) is 5.92 Å². The normalized spacial score (nSPS) is 12.3. The molecule has 1 aromatic rings. The minimum atomic E-state index is -3.44. The third kappa shape index (κ3) is 3.67. The van der Waals surface area contributed by atoms with E-state index in [1.54, 1.807) is 7.05 Å². The number of anilines is 1. The Morgan fingerprint density at radius 2 is 2.06 bits per heavy atom. The standard InChI is InChI=1S/C11H19N3O2S/c1-9(2)6-7-14(3)17(15,16)10-4-5-11(12)13-8-10/h4-5,8-9H,6-7H2,1-3H3,(H2,12,13). The summed E-state index contributed by atoms with van der Waals surface area (Å²) in [7, 11) is -1.86. The Kier molecular flexibility index (Phi) is 4.47. The molecule has 0 bridgehead atoms. The molecule has 1 rings (SSSR count). The van der Waals surface area contributed by atoms with E-state index in [0.717, 1.165) is 6.42 Å². The monoisotopic (exact) mass is 257 g/mol. The molecule has 0 spiro atoms. The Balaban J connectivity index is 2.84. The topological polar surface area (TPSA) is 76.3 Å². The van der Waals surface area contributed by atoms with Crippen molar-refractivity contribution in [3.8, 4) is 0 Å². The van der Waals surface area contributed by atoms with Crippen molar-refractivity contribution in [1.82, 2.24) is 9.29 Å². The van der Waals surface area contributed by atoms with Crippen LogP contribution in [-0.4, -0.2) is 31.3 Å². The Hall–Kier alpha value is -1.14. The van der Waals surface area contributed by atoms with Crippen LogP contribution in [0.25, 0.3) is 0 Å². The van der Waals surface area contributed by atoms with Crippen molar-refractivity contribution < 1.29 is 8.42 Å². The molecule has 0 aliphatic rings. The van der Waals surface area contributed by atoms with E-state index in [4.69, 9.17) is 5.73 Å². The SMILES string of the molecule is CC(C)CCN(C)S(=O)(=O)c1ccc(N)nc1. The second kappa shape index (κ2) is 5.46. The number of pyridine rings is 1. The number of sulfonamides is 1. The van der Waals surface area contributed by atoms with Crippen molar-refractivity contribution in [2.45, 2.75) is 25.2 Å². The summed E-state index contributed by atoms with van der Waals surface area (Å²) in [4.78, 5) is 3.97. The van der Waals surface area contributed by atoms with Crippen LogP contribution >= 0.6 is 0 Å². The fourth-order valence-corrected chi connectivity index (χ4v) is 2.42. The van der Waals surface area contributed by atoms with E-state index in [-0.39, 0.29) is 4.90 Å². The first-order valence-corrected chi connectivity index (χ1v) is 6.96. The van der Waals surface area contributed by atoms with Gasteiger partial charge in [-0.25, -0.2) is 17.7 Å². The number of aromatic nitrogens is 1. The van der Waals surface area contributed by atoms with Crippen molar-refractivity contribution in [3.63, 3.8) is 0 Å². The highest BCUT2D eigenvalue weighted by atomic mass is 32.2. The van der Waals surface area contributed by atoms with E-state index >= 15 is 0 Å². The third-order valence-corrected chi connectivity index (χ3v) is 4.33. The van der Waals surface area contributed by atoms with Gasteiger partial charge in [0, 0.05) is 19.8 Å². The quantitative estimate of drug-likeness (QED) is 0.863. The summed E-state index contributed by atoms with van der Waals surface area (Å²) in [5.41, 5.74) is 5.42. The Labute approximate surface area is 103 Å². The largest absolute Gasteiger partial charge is 0.384 e. The first-order valence-electron chi connectivity index (χ1n) is 5.52. The zero-order chi connectivity index (χ0) is 13.1. The summed E-state index contributed by atoms with van der Waals surface area (Å²) in [6.07, 6.45) is 2.12. The first-order chi connectivity index (χ1) is 7.84. The number of nitrogens with two attached hydrogens (primary N) is 1. The minimum absolute atomic E-state index is 0.179. The molecule has 0 atom stereocenters. The molecule has 0 amide bonds. The van der Waals surface area contributed by atoms with Gasteiger partial charge in [-0.15, -0.1) is 0 Å². The average Bonchev–Trinajstić information content (AvgIpc) is 2.26. The number of hydrogen-bond acceptors (Lipinski definition) is 4. The molecule has 0 aliphatic heterocycles. The summed E-state index contributed by atoms with van der Waals surface area (Å²) in [5.74, 6) is 0.783. The van der Waals surface area contributed by atoms with Gasteiger partial charge in [-0.05, 0) is 24.5 Å². The van der Waals surface area contributed by atoms with Gasteiger partial charge in [0.15, 0.2) is 0 Å². The van der Waals surface area contributed by atoms with Crippen LogP contribution < -0.4 is 5.73 Å². The molecule has 2 N–H and O–H groups in total. The highest BCUT2D eigenvalue weighted by molar-refractivity contribution is 7.89. The third-order valence-electron chi connectivity index (χ3n) is 2.49. The van der Waals surface area contributed by atoms with Gasteiger partial charge < -0.3 is 5.73 Å². The van der Waals surface area contributed by atoms with E-state index < -0.39 is 10.0 Å². The molecule has 17 heavy (non-hydrogen) atoms. The fourth-order valence-electron chi connectivity index (χ4n) is 1.28. The van der Waals surface area contributed by atoms with Crippen LogP contribution in [0.3, 0.4) is 0 Å². The fraction of sp³-hybridized carbons (Fsp3) is 0.545. The van der Waals surface area contributed by atoms with Gasteiger partial charge >= 0.3 is 0 Å². The number of rotatable bonds is 5. The van der Waals surface area contributed by atoms with Gasteiger partial charge in [0.2, 0.25) is 10.0 Å². The average molecular weight is 257 g/mol. The molecule has 0 aliphatic carbocycles. The highest BCUT2D eigenvalue weighted by Crippen LogP contribution is 2.15. The van der Waals surface area contributed by atoms with Crippen molar-refractivity contribution in [1.29, 1.82) is 0 Å². The molecular weight excluding hydrogens is 238 g/mol. The molecular formula is C11H19N3O2S. The van der Waals surface area contributed by atoms with Gasteiger partial charge in [-0.3, -0.25) is 0 Å². The second-order valence-electron chi connectivity index (χ2n) is 4.43. The van der Waals surface area contributed by atoms with Crippen molar-refractivity contribution in [2.75, 3.05) is 19.3 Å². The van der Waals surface area contributed by atoms with E-state index in [1.807, 2.05) is 0 Å². The van der Waals surface area contributed by atoms with Crippen LogP contribution in [0.1, 0.15) is 20.3 Å². The molecule has 0 aromatic carbocycles. The van der Waals surface area contributed by atoms with Crippen molar-refractivity contribution >= 4 is 15.8 Å². The Morgan fingerprint density at radius 1 is 1.41 bits per heavy atom. The second-order valence-corrected chi connectivity index (χ2v) is 6.47. The summed E-state index contributed by atoms with van der Waals surface area (Å²) >= 11 is 0. The molecule has 0 saturated heterocycles. The van der Waals surface area contributed by atoms with Crippen LogP contribution in [0.5, 0.6) is 0 Å². The summed E-state index contributed by atoms with van der Waals surface area (Å²) in [5, 5.41) is 0. The molecule has 0 saturated carbocycles. The van der Waals surface area contributed by atoms with E-state index in [9.17, 15) is 8.42 Å². The summed E-state index contributed by atoms with van der Waals surface area (Å²) in [6, 6.07) is 2.96. The smallest absolute Gasteiger partial charge is 0.244 e. The molecule has 96 valence electrons. The maximum Gasteiger partial charge on any atom is 0.244 e. The highest BCUT2D eigenvalue weighted by Gasteiger charge is 2.20. The lowest BCUT2D eigenvalue weighted by Gasteiger charge is -2.17. The Morgan fingerprint density at radius 3 is 2.53 bits per heavy atom. The number of nitrogens with zero attached hydrogens (tertiary/aromatic N) is 2. The van der Waals surface area contributed by atoms with Crippen molar-refractivity contribution in [3.05, 3.63) is 18.3 Å². The van der Waals surface area contributed by atoms with Gasteiger partial charge in [0.1, 0.15) is 10.7 Å². The van der Waals surface area contributed by atoms with Crippen LogP contribution in [-0.2, 0) is 10.0 Å². The maximum atomic E-state index is 12.1. The zero-order valence-corrected chi connectivity index (χ0v) is 11.2. The van der Waals surface area contributed by atoms with E-state index in [0.29, 0.717) is 18.3 Å². The lowest BCUT2D eigenvalue weighted by Crippen LogP contribution is -2.28. The first kappa shape index (κ1) is 13.9. The maximum absolute atomic E-state index is 12.1. The van der Waals surface area contributed by atoms with Crippen LogP contribution in [0.2, 0.25) is 0 Å². The van der Waals surface area contributed by atoms with E-state index in [1.165, 1.54) is 22.6 Å². The van der Waals surface area contributed by atoms with Gasteiger partial charge in [0.05, 0.1) is 0 Å². The number of hydrogen-bond donors (Lipinski definition) is 1. The van der Waals surface area contributed by atoms with Gasteiger partial charge in [0.25, 0.3) is 0 Å². The van der Waals surface area contributed by atoms with Crippen LogP contribution in [0.4, 0.5) is 5.82 Å². The molecule has 1 heterocycles. The predicted molar refractivity (Wildman–Crippen MR) is 67.9 cm³/mol. The molecule has 0 fully saturated rings. The van der Waals surface area contributed by atoms with E-state index in [2.05, 4.69) is 18.8 Å². The lowest BCUT2D eigenvalue weighted by atomic mass is 10.1. The predicted octanol–water partition coefficient (Wildman–Crippen LogP) is 1.33. The lowest BCUT2D eigenvalue weighted by molar-refractivity contribution is 0.428. The molecule has 0 unspecified atom stereocenters. The van der Waals surface area contributed by atoms with Gasteiger partial charge in [-0.2, -0.15) is 0 Å². The molecule has 1 aromatic heterocycles. The zero-order valence-electron chi connectivity index (χ0n) is 10.4. The number of nitrogen functional groups attached to an aromatic ring is 1. The van der Waals surface area contributed by atoms with Gasteiger partial charge in [-0.1, -0.05) is 13.8 Å². The Bertz CT molecular complexity index is 454. The molecule has 6 heteroatoms. The molecule has 5 nitrogen and oxygen atoms in total.